The van der Waals surface area contributed by atoms with Crippen molar-refractivity contribution < 1.29 is 13.5 Å². The number of rotatable bonds is 7. The van der Waals surface area contributed by atoms with Gasteiger partial charge in [-0.3, -0.25) is 0 Å². The zero-order valence-corrected chi connectivity index (χ0v) is 11.0. The third kappa shape index (κ3) is 4.18. The Hall–Kier alpha value is -1.30. The van der Waals surface area contributed by atoms with Crippen molar-refractivity contribution in [1.29, 1.82) is 0 Å². The van der Waals surface area contributed by atoms with Crippen molar-refractivity contribution in [1.82, 2.24) is 9.97 Å². The van der Waals surface area contributed by atoms with E-state index in [2.05, 4.69) is 15.3 Å². The van der Waals surface area contributed by atoms with Crippen LogP contribution in [0.4, 0.5) is 14.6 Å². The summed E-state index contributed by atoms with van der Waals surface area (Å²) in [7, 11) is 1.80. The van der Waals surface area contributed by atoms with Gasteiger partial charge in [-0.15, -0.1) is 0 Å². The number of nitrogens with zero attached hydrogens (tertiary/aromatic N) is 2. The van der Waals surface area contributed by atoms with E-state index in [1.165, 1.54) is 0 Å². The van der Waals surface area contributed by atoms with Crippen molar-refractivity contribution >= 4 is 5.82 Å². The van der Waals surface area contributed by atoms with E-state index in [1.54, 1.807) is 7.05 Å². The van der Waals surface area contributed by atoms with Crippen LogP contribution in [0, 0.1) is 6.92 Å². The molecule has 102 valence electrons. The Labute approximate surface area is 106 Å². The van der Waals surface area contributed by atoms with Gasteiger partial charge >= 0.3 is 0 Å². The number of hydrogen-bond donors (Lipinski definition) is 1. The highest BCUT2D eigenvalue weighted by molar-refractivity contribution is 5.45. The molecule has 6 heteroatoms. The maximum absolute atomic E-state index is 11.9. The molecule has 1 rings (SSSR count). The number of alkyl halides is 2. The first kappa shape index (κ1) is 14.8. The second-order valence-electron chi connectivity index (χ2n) is 3.87. The molecule has 0 saturated carbocycles. The average molecular weight is 259 g/mol. The second kappa shape index (κ2) is 7.20. The number of aryl methyl sites for hydroxylation is 1. The molecule has 0 aliphatic heterocycles. The van der Waals surface area contributed by atoms with Gasteiger partial charge in [-0.25, -0.2) is 18.7 Å². The maximum Gasteiger partial charge on any atom is 0.261 e. The minimum Gasteiger partial charge on any atom is -0.375 e. The van der Waals surface area contributed by atoms with Crippen LogP contribution >= 0.6 is 0 Å². The summed E-state index contributed by atoms with van der Waals surface area (Å²) in [6.45, 7) is 3.63. The summed E-state index contributed by atoms with van der Waals surface area (Å²) in [5.74, 6) is 1.41. The van der Waals surface area contributed by atoms with Gasteiger partial charge in [0.1, 0.15) is 18.2 Å². The summed E-state index contributed by atoms with van der Waals surface area (Å²) in [6.07, 6.45) is -1.14. The van der Waals surface area contributed by atoms with Crippen molar-refractivity contribution in [2.24, 2.45) is 0 Å². The van der Waals surface area contributed by atoms with Gasteiger partial charge in [0.2, 0.25) is 0 Å². The van der Waals surface area contributed by atoms with Gasteiger partial charge in [0.15, 0.2) is 0 Å². The van der Waals surface area contributed by atoms with E-state index in [1.807, 2.05) is 13.8 Å². The van der Waals surface area contributed by atoms with E-state index in [9.17, 15) is 8.78 Å². The first-order valence-electron chi connectivity index (χ1n) is 5.98. The van der Waals surface area contributed by atoms with Crippen molar-refractivity contribution in [2.45, 2.75) is 33.1 Å². The van der Waals surface area contributed by atoms with Crippen LogP contribution in [0.15, 0.2) is 0 Å². The van der Waals surface area contributed by atoms with Gasteiger partial charge in [0.05, 0.1) is 6.61 Å². The largest absolute Gasteiger partial charge is 0.375 e. The molecule has 0 atom stereocenters. The van der Waals surface area contributed by atoms with Crippen LogP contribution in [0.3, 0.4) is 0 Å². The Balaban J connectivity index is 2.64. The lowest BCUT2D eigenvalue weighted by Gasteiger charge is -2.11. The number of ether oxygens (including phenoxy) is 1. The highest BCUT2D eigenvalue weighted by Gasteiger charge is 2.09. The molecule has 1 N–H and O–H groups in total. The van der Waals surface area contributed by atoms with Crippen molar-refractivity contribution in [2.75, 3.05) is 25.6 Å². The van der Waals surface area contributed by atoms with Gasteiger partial charge < -0.3 is 10.1 Å². The van der Waals surface area contributed by atoms with E-state index in [4.69, 9.17) is 4.74 Å². The van der Waals surface area contributed by atoms with Crippen LogP contribution in [0.2, 0.25) is 0 Å². The fourth-order valence-corrected chi connectivity index (χ4v) is 1.73. The van der Waals surface area contributed by atoms with E-state index in [0.29, 0.717) is 12.2 Å². The first-order chi connectivity index (χ1) is 8.58. The quantitative estimate of drug-likeness (QED) is 0.763. The number of halogens is 2. The molecule has 1 aromatic heterocycles. The standard InChI is InChI=1S/C12H19F2N3O/c1-4-9-8(2)16-11(17-12(9)15-3)5-6-18-7-10(13)14/h10H,4-7H2,1-3H3,(H,15,16,17). The molecule has 0 fully saturated rings. The van der Waals surface area contributed by atoms with Gasteiger partial charge in [0.25, 0.3) is 6.43 Å². The SMILES string of the molecule is CCc1c(C)nc(CCOCC(F)F)nc1NC. The minimum atomic E-state index is -2.43. The molecule has 0 spiro atoms. The van der Waals surface area contributed by atoms with E-state index >= 15 is 0 Å². The summed E-state index contributed by atoms with van der Waals surface area (Å²) in [5, 5.41) is 3.02. The van der Waals surface area contributed by atoms with Gasteiger partial charge in [-0.05, 0) is 13.3 Å². The third-order valence-electron chi connectivity index (χ3n) is 2.56. The lowest BCUT2D eigenvalue weighted by atomic mass is 10.1. The molecular weight excluding hydrogens is 240 g/mol. The number of anilines is 1. The summed E-state index contributed by atoms with van der Waals surface area (Å²) >= 11 is 0. The maximum atomic E-state index is 11.9. The van der Waals surface area contributed by atoms with Crippen LogP contribution in [0.5, 0.6) is 0 Å². The molecular formula is C12H19F2N3O. The Morgan fingerprint density at radius 3 is 2.61 bits per heavy atom. The number of hydrogen-bond acceptors (Lipinski definition) is 4. The van der Waals surface area contributed by atoms with Crippen LogP contribution in [0.1, 0.15) is 24.0 Å². The van der Waals surface area contributed by atoms with Gasteiger partial charge in [-0.2, -0.15) is 0 Å². The molecule has 0 aliphatic rings. The topological polar surface area (TPSA) is 47.0 Å². The zero-order chi connectivity index (χ0) is 13.5. The summed E-state index contributed by atoms with van der Waals surface area (Å²) in [4.78, 5) is 8.70. The third-order valence-corrected chi connectivity index (χ3v) is 2.56. The lowest BCUT2D eigenvalue weighted by Crippen LogP contribution is -2.11. The molecule has 1 heterocycles. The Bertz CT molecular complexity index is 386. The summed E-state index contributed by atoms with van der Waals surface area (Å²) < 4.78 is 28.6. The van der Waals surface area contributed by atoms with E-state index in [-0.39, 0.29) is 6.61 Å². The Kier molecular flexibility index (Phi) is 5.91. The lowest BCUT2D eigenvalue weighted by molar-refractivity contribution is 0.0183. The van der Waals surface area contributed by atoms with Crippen molar-refractivity contribution in [3.05, 3.63) is 17.1 Å². The highest BCUT2D eigenvalue weighted by Crippen LogP contribution is 2.16. The number of aromatic nitrogens is 2. The molecule has 0 bridgehead atoms. The molecule has 18 heavy (non-hydrogen) atoms. The smallest absolute Gasteiger partial charge is 0.261 e. The monoisotopic (exact) mass is 259 g/mol. The molecule has 1 aromatic rings. The molecule has 0 saturated heterocycles. The summed E-state index contributed by atoms with van der Waals surface area (Å²) in [6, 6.07) is 0. The second-order valence-corrected chi connectivity index (χ2v) is 3.87. The van der Waals surface area contributed by atoms with Crippen molar-refractivity contribution in [3.8, 4) is 0 Å². The average Bonchev–Trinajstić information content (AvgIpc) is 2.33. The predicted molar refractivity (Wildman–Crippen MR) is 66.2 cm³/mol. The molecule has 0 amide bonds. The highest BCUT2D eigenvalue weighted by atomic mass is 19.3. The van der Waals surface area contributed by atoms with Crippen LogP contribution in [0.25, 0.3) is 0 Å². The predicted octanol–water partition coefficient (Wildman–Crippen LogP) is 2.21. The van der Waals surface area contributed by atoms with E-state index < -0.39 is 13.0 Å². The van der Waals surface area contributed by atoms with Crippen LogP contribution < -0.4 is 5.32 Å². The first-order valence-corrected chi connectivity index (χ1v) is 5.98. The molecule has 0 aromatic carbocycles. The Morgan fingerprint density at radius 2 is 2.06 bits per heavy atom. The van der Waals surface area contributed by atoms with Crippen LogP contribution in [-0.2, 0) is 17.6 Å². The summed E-state index contributed by atoms with van der Waals surface area (Å²) in [5.41, 5.74) is 2.00. The molecule has 0 aliphatic carbocycles. The minimum absolute atomic E-state index is 0.207. The normalized spacial score (nSPS) is 11.0. The van der Waals surface area contributed by atoms with Crippen LogP contribution in [-0.4, -0.2) is 36.7 Å². The molecule has 0 radical (unpaired) electrons. The Morgan fingerprint density at radius 1 is 1.33 bits per heavy atom. The van der Waals surface area contributed by atoms with Crippen molar-refractivity contribution in [3.63, 3.8) is 0 Å². The zero-order valence-electron chi connectivity index (χ0n) is 11.0. The molecule has 4 nitrogen and oxygen atoms in total. The number of nitrogens with one attached hydrogen (secondary N) is 1. The van der Waals surface area contributed by atoms with Gasteiger partial charge in [0, 0.05) is 24.7 Å². The van der Waals surface area contributed by atoms with Gasteiger partial charge in [-0.1, -0.05) is 6.92 Å². The molecule has 0 unspecified atom stereocenters. The fraction of sp³-hybridized carbons (Fsp3) is 0.667. The fourth-order valence-electron chi connectivity index (χ4n) is 1.73. The van der Waals surface area contributed by atoms with E-state index in [0.717, 1.165) is 23.5 Å².